The van der Waals surface area contributed by atoms with Gasteiger partial charge >= 0.3 is 0 Å². The van der Waals surface area contributed by atoms with Crippen molar-refractivity contribution in [3.8, 4) is 0 Å². The van der Waals surface area contributed by atoms with Gasteiger partial charge in [0.2, 0.25) is 0 Å². The second-order valence-corrected chi connectivity index (χ2v) is 7.32. The Bertz CT molecular complexity index is 1050. The smallest absolute Gasteiger partial charge is 0.285 e. The first-order valence-corrected chi connectivity index (χ1v) is 9.55. The summed E-state index contributed by atoms with van der Waals surface area (Å²) >= 11 is 6.18. The highest BCUT2D eigenvalue weighted by Gasteiger charge is 2.27. The van der Waals surface area contributed by atoms with E-state index >= 15 is 0 Å². The van der Waals surface area contributed by atoms with Crippen molar-refractivity contribution in [2.75, 3.05) is 25.2 Å². The summed E-state index contributed by atoms with van der Waals surface area (Å²) in [5, 5.41) is 6.40. The fourth-order valence-electron chi connectivity index (χ4n) is 3.84. The monoisotopic (exact) mass is 399 g/mol. The lowest BCUT2D eigenvalue weighted by atomic mass is 10.0. The molecule has 146 valence electrons. The van der Waals surface area contributed by atoms with Crippen LogP contribution in [0.1, 0.15) is 28.6 Å². The van der Waals surface area contributed by atoms with Gasteiger partial charge in [0, 0.05) is 25.8 Å². The summed E-state index contributed by atoms with van der Waals surface area (Å²) in [5.74, 6) is 0. The minimum Gasteiger partial charge on any atom is -0.382 e. The third kappa shape index (κ3) is 3.31. The van der Waals surface area contributed by atoms with Gasteiger partial charge in [-0.25, -0.2) is 10.1 Å². The number of halogens is 1. The Kier molecular flexibility index (Phi) is 5.19. The lowest BCUT2D eigenvalue weighted by Crippen LogP contribution is -2.33. The molecule has 0 fully saturated rings. The van der Waals surface area contributed by atoms with Crippen molar-refractivity contribution in [3.63, 3.8) is 0 Å². The molecule has 3 heterocycles. The Hall–Kier alpha value is -2.64. The lowest BCUT2D eigenvalue weighted by molar-refractivity contribution is 0.168. The van der Waals surface area contributed by atoms with Crippen LogP contribution >= 0.6 is 11.6 Å². The summed E-state index contributed by atoms with van der Waals surface area (Å²) in [4.78, 5) is 18.5. The van der Waals surface area contributed by atoms with Crippen LogP contribution in [0.4, 0.5) is 5.69 Å². The van der Waals surface area contributed by atoms with Crippen molar-refractivity contribution < 1.29 is 4.74 Å². The maximum atomic E-state index is 11.8. The quantitative estimate of drug-likeness (QED) is 0.713. The summed E-state index contributed by atoms with van der Waals surface area (Å²) < 4.78 is 7.74. The Morgan fingerprint density at radius 3 is 2.96 bits per heavy atom. The maximum Gasteiger partial charge on any atom is 0.285 e. The molecule has 1 aliphatic heterocycles. The third-order valence-corrected chi connectivity index (χ3v) is 5.63. The number of aromatic nitrogens is 4. The van der Waals surface area contributed by atoms with Crippen LogP contribution in [0.2, 0.25) is 5.02 Å². The van der Waals surface area contributed by atoms with Gasteiger partial charge < -0.3 is 14.2 Å². The fourth-order valence-corrected chi connectivity index (χ4v) is 4.05. The molecule has 1 N–H and O–H groups in total. The second kappa shape index (κ2) is 7.77. The van der Waals surface area contributed by atoms with Crippen LogP contribution < -0.4 is 10.5 Å². The molecular formula is C20H22ClN5O2. The molecule has 7 nitrogen and oxygen atoms in total. The summed E-state index contributed by atoms with van der Waals surface area (Å²) in [6, 6.07) is 8.42. The number of hydrogen-bond donors (Lipinski definition) is 1. The van der Waals surface area contributed by atoms with E-state index < -0.39 is 0 Å². The molecule has 28 heavy (non-hydrogen) atoms. The van der Waals surface area contributed by atoms with Crippen molar-refractivity contribution in [3.05, 3.63) is 74.7 Å². The topological polar surface area (TPSA) is 76.0 Å². The number of fused-ring (bicyclic) bond motifs is 1. The average Bonchev–Trinajstić information content (AvgIpc) is 3.12. The average molecular weight is 400 g/mol. The van der Waals surface area contributed by atoms with E-state index in [1.54, 1.807) is 13.3 Å². The molecule has 0 aliphatic carbocycles. The van der Waals surface area contributed by atoms with Gasteiger partial charge in [0.1, 0.15) is 5.02 Å². The fraction of sp³-hybridized carbons (Fsp3) is 0.350. The highest BCUT2D eigenvalue weighted by atomic mass is 35.5. The van der Waals surface area contributed by atoms with Gasteiger partial charge in [0.25, 0.3) is 5.56 Å². The molecule has 0 saturated heterocycles. The van der Waals surface area contributed by atoms with Crippen LogP contribution in [0.15, 0.2) is 41.6 Å². The molecule has 0 radical (unpaired) electrons. The van der Waals surface area contributed by atoms with Crippen LogP contribution in [-0.4, -0.2) is 40.0 Å². The minimum atomic E-state index is -0.379. The first kappa shape index (κ1) is 18.7. The minimum absolute atomic E-state index is 0.0684. The first-order valence-electron chi connectivity index (χ1n) is 9.17. The predicted molar refractivity (Wildman–Crippen MR) is 108 cm³/mol. The van der Waals surface area contributed by atoms with E-state index in [0.29, 0.717) is 18.8 Å². The number of aromatic amines is 1. The number of anilines is 1. The first-order chi connectivity index (χ1) is 13.6. The third-order valence-electron chi connectivity index (χ3n) is 5.27. The van der Waals surface area contributed by atoms with E-state index in [9.17, 15) is 4.79 Å². The van der Waals surface area contributed by atoms with Gasteiger partial charge in [-0.15, -0.1) is 0 Å². The molecule has 0 saturated carbocycles. The van der Waals surface area contributed by atoms with Crippen molar-refractivity contribution in [2.45, 2.75) is 25.9 Å². The van der Waals surface area contributed by atoms with Crippen LogP contribution in [0.25, 0.3) is 0 Å². The Balaban J connectivity index is 1.67. The van der Waals surface area contributed by atoms with Gasteiger partial charge in [0.05, 0.1) is 43.1 Å². The molecule has 1 aliphatic rings. The van der Waals surface area contributed by atoms with Crippen LogP contribution in [0.5, 0.6) is 0 Å². The molecule has 0 amide bonds. The molecule has 2 aromatic heterocycles. The number of benzene rings is 1. The second-order valence-electron chi connectivity index (χ2n) is 6.94. The lowest BCUT2D eigenvalue weighted by Gasteiger charge is -2.30. The van der Waals surface area contributed by atoms with Crippen molar-refractivity contribution in [1.82, 2.24) is 19.7 Å². The molecule has 0 spiro atoms. The molecular weight excluding hydrogens is 378 g/mol. The molecule has 4 rings (SSSR count). The van der Waals surface area contributed by atoms with E-state index in [0.717, 1.165) is 18.7 Å². The number of hydrogen-bond acceptors (Lipinski definition) is 5. The Morgan fingerprint density at radius 1 is 1.36 bits per heavy atom. The largest absolute Gasteiger partial charge is 0.382 e. The molecule has 8 heteroatoms. The zero-order valence-electron chi connectivity index (χ0n) is 15.9. The molecule has 1 atom stereocenters. The number of nitrogens with zero attached hydrogens (tertiary/aromatic N) is 4. The number of H-pyrrole nitrogens is 1. The number of rotatable bonds is 5. The van der Waals surface area contributed by atoms with Gasteiger partial charge in [0.15, 0.2) is 0 Å². The van der Waals surface area contributed by atoms with Crippen molar-refractivity contribution in [1.29, 1.82) is 0 Å². The van der Waals surface area contributed by atoms with E-state index in [2.05, 4.69) is 44.9 Å². The Labute approximate surface area is 167 Å². The zero-order valence-corrected chi connectivity index (χ0v) is 16.6. The number of nitrogens with one attached hydrogen (secondary N) is 1. The van der Waals surface area contributed by atoms with E-state index in [4.69, 9.17) is 16.3 Å². The van der Waals surface area contributed by atoms with Gasteiger partial charge in [-0.1, -0.05) is 35.9 Å². The standard InChI is InChI=1S/C20H22ClN5O2/c1-13-5-3-4-6-14(13)18(11-28-2)26-12-22-15-10-25(8-7-16(15)26)17-9-23-24-20(27)19(17)21/h3-6,9,12,18H,7-8,10-11H2,1-2H3,(H,24,27). The number of imidazole rings is 1. The summed E-state index contributed by atoms with van der Waals surface area (Å²) in [7, 11) is 1.72. The Morgan fingerprint density at radius 2 is 2.18 bits per heavy atom. The van der Waals surface area contributed by atoms with Crippen LogP contribution in [0.3, 0.4) is 0 Å². The summed E-state index contributed by atoms with van der Waals surface area (Å²) in [5.41, 5.74) is 4.89. The van der Waals surface area contributed by atoms with E-state index in [-0.39, 0.29) is 16.6 Å². The highest BCUT2D eigenvalue weighted by Crippen LogP contribution is 2.30. The highest BCUT2D eigenvalue weighted by molar-refractivity contribution is 6.32. The zero-order chi connectivity index (χ0) is 19.7. The normalized spacial score (nSPS) is 14.8. The van der Waals surface area contributed by atoms with E-state index in [1.807, 2.05) is 17.3 Å². The molecule has 1 aromatic carbocycles. The number of aryl methyl sites for hydroxylation is 1. The van der Waals surface area contributed by atoms with Crippen LogP contribution in [0, 0.1) is 6.92 Å². The maximum absolute atomic E-state index is 11.8. The number of methoxy groups -OCH3 is 1. The predicted octanol–water partition coefficient (Wildman–Crippen LogP) is 2.73. The van der Waals surface area contributed by atoms with Crippen molar-refractivity contribution >= 4 is 17.3 Å². The SMILES string of the molecule is COCC(c1ccccc1C)n1cnc2c1CCN(c1cn[nH]c(=O)c1Cl)C2. The van der Waals surface area contributed by atoms with Gasteiger partial charge in [-0.05, 0) is 18.1 Å². The van der Waals surface area contributed by atoms with Crippen molar-refractivity contribution in [2.24, 2.45) is 0 Å². The van der Waals surface area contributed by atoms with E-state index in [1.165, 1.54) is 16.8 Å². The van der Waals surface area contributed by atoms with Gasteiger partial charge in [-0.2, -0.15) is 5.10 Å². The molecule has 1 unspecified atom stereocenters. The molecule has 3 aromatic rings. The van der Waals surface area contributed by atoms with Gasteiger partial charge in [-0.3, -0.25) is 4.79 Å². The number of ether oxygens (including phenoxy) is 1. The summed E-state index contributed by atoms with van der Waals surface area (Å²) in [6.45, 7) is 4.00. The molecule has 0 bridgehead atoms. The summed E-state index contributed by atoms with van der Waals surface area (Å²) in [6.07, 6.45) is 4.28. The van der Waals surface area contributed by atoms with Crippen LogP contribution in [-0.2, 0) is 17.7 Å².